The molecular weight excluding hydrogens is 390 g/mol. The number of carboxylic acids is 1. The summed E-state index contributed by atoms with van der Waals surface area (Å²) in [5.41, 5.74) is -0.710. The van der Waals surface area contributed by atoms with Crippen molar-refractivity contribution >= 4 is 23.9 Å². The zero-order chi connectivity index (χ0) is 23.4. The summed E-state index contributed by atoms with van der Waals surface area (Å²) in [4.78, 5) is 52.8. The van der Waals surface area contributed by atoms with Crippen LogP contribution in [0.3, 0.4) is 0 Å². The third-order valence-electron chi connectivity index (χ3n) is 5.08. The number of carbonyl (C=O) groups is 4. The molecule has 0 aliphatic carbocycles. The predicted octanol–water partition coefficient (Wildman–Crippen LogP) is 2.09. The van der Waals surface area contributed by atoms with Crippen LogP contribution in [0.15, 0.2) is 0 Å². The fourth-order valence-corrected chi connectivity index (χ4v) is 3.66. The van der Waals surface area contributed by atoms with Gasteiger partial charge in [0.15, 0.2) is 0 Å². The molecule has 172 valence electrons. The first kappa shape index (κ1) is 25.7. The molecule has 0 aromatic carbocycles. The minimum absolute atomic E-state index is 0.240. The van der Waals surface area contributed by atoms with Gasteiger partial charge in [0, 0.05) is 13.6 Å². The van der Waals surface area contributed by atoms with Gasteiger partial charge in [0.05, 0.1) is 0 Å². The first-order valence-electron chi connectivity index (χ1n) is 10.5. The van der Waals surface area contributed by atoms with Crippen molar-refractivity contribution in [3.63, 3.8) is 0 Å². The molecule has 0 bridgehead atoms. The van der Waals surface area contributed by atoms with Crippen LogP contribution in [0.5, 0.6) is 0 Å². The van der Waals surface area contributed by atoms with Crippen LogP contribution < -0.4 is 5.32 Å². The minimum atomic E-state index is -1.04. The molecule has 9 nitrogen and oxygen atoms in total. The van der Waals surface area contributed by atoms with Gasteiger partial charge in [-0.25, -0.2) is 9.59 Å². The van der Waals surface area contributed by atoms with E-state index in [0.29, 0.717) is 19.4 Å². The molecule has 0 spiro atoms. The Morgan fingerprint density at radius 2 is 1.67 bits per heavy atom. The van der Waals surface area contributed by atoms with E-state index in [1.807, 2.05) is 13.8 Å². The standard InChI is InChI=1S/C21H37N3O6/c1-12(2)15(22-20(29)30-21(5,6)7)17(25)23(8)16(13(3)4)18(26)24-11-9-10-14(24)19(27)28/h12-16H,9-11H2,1-8H3,(H,22,29)(H,27,28). The van der Waals surface area contributed by atoms with Crippen LogP contribution in [0.2, 0.25) is 0 Å². The van der Waals surface area contributed by atoms with E-state index >= 15 is 0 Å². The van der Waals surface area contributed by atoms with Crippen LogP contribution in [0.1, 0.15) is 61.3 Å². The number of ether oxygens (including phenoxy) is 1. The highest BCUT2D eigenvalue weighted by atomic mass is 16.6. The third kappa shape index (κ3) is 6.60. The number of alkyl carbamates (subject to hydrolysis) is 1. The molecule has 3 amide bonds. The lowest BCUT2D eigenvalue weighted by atomic mass is 9.97. The van der Waals surface area contributed by atoms with Crippen molar-refractivity contribution < 1.29 is 29.0 Å². The highest BCUT2D eigenvalue weighted by molar-refractivity contribution is 5.93. The first-order chi connectivity index (χ1) is 13.7. The van der Waals surface area contributed by atoms with Gasteiger partial charge >= 0.3 is 12.1 Å². The fraction of sp³-hybridized carbons (Fsp3) is 0.810. The maximum Gasteiger partial charge on any atom is 0.408 e. The number of carbonyl (C=O) groups excluding carboxylic acids is 3. The monoisotopic (exact) mass is 427 g/mol. The molecule has 9 heteroatoms. The number of carboxylic acid groups (broad SMARTS) is 1. The van der Waals surface area contributed by atoms with Crippen LogP contribution in [-0.2, 0) is 19.1 Å². The topological polar surface area (TPSA) is 116 Å². The number of amides is 3. The molecule has 0 saturated carbocycles. The quantitative estimate of drug-likeness (QED) is 0.643. The maximum absolute atomic E-state index is 13.2. The van der Waals surface area contributed by atoms with Crippen molar-refractivity contribution in [2.75, 3.05) is 13.6 Å². The number of rotatable bonds is 7. The number of nitrogens with one attached hydrogen (secondary N) is 1. The Kier molecular flexibility index (Phi) is 8.68. The lowest BCUT2D eigenvalue weighted by Crippen LogP contribution is -2.59. The molecule has 0 aromatic heterocycles. The van der Waals surface area contributed by atoms with Crippen LogP contribution >= 0.6 is 0 Å². The van der Waals surface area contributed by atoms with E-state index in [0.717, 1.165) is 0 Å². The molecule has 0 radical (unpaired) electrons. The van der Waals surface area contributed by atoms with Gasteiger partial charge in [-0.1, -0.05) is 27.7 Å². The van der Waals surface area contributed by atoms with Gasteiger partial charge in [-0.3, -0.25) is 9.59 Å². The smallest absolute Gasteiger partial charge is 0.408 e. The average Bonchev–Trinajstić information content (AvgIpc) is 3.06. The molecule has 1 saturated heterocycles. The number of hydrogen-bond donors (Lipinski definition) is 2. The largest absolute Gasteiger partial charge is 0.480 e. The first-order valence-corrected chi connectivity index (χ1v) is 10.5. The summed E-state index contributed by atoms with van der Waals surface area (Å²) in [6.45, 7) is 12.7. The molecule has 30 heavy (non-hydrogen) atoms. The molecule has 0 aromatic rings. The van der Waals surface area contributed by atoms with E-state index in [-0.39, 0.29) is 17.7 Å². The normalized spacial score (nSPS) is 18.9. The van der Waals surface area contributed by atoms with E-state index in [2.05, 4.69) is 5.32 Å². The molecule has 1 aliphatic heterocycles. The summed E-state index contributed by atoms with van der Waals surface area (Å²) in [6.07, 6.45) is 0.305. The summed E-state index contributed by atoms with van der Waals surface area (Å²) < 4.78 is 5.26. The van der Waals surface area contributed by atoms with Gasteiger partial charge in [-0.2, -0.15) is 0 Å². The Balaban J connectivity index is 3.06. The van der Waals surface area contributed by atoms with Gasteiger partial charge < -0.3 is 25.0 Å². The lowest BCUT2D eigenvalue weighted by Gasteiger charge is -2.37. The summed E-state index contributed by atoms with van der Waals surface area (Å²) in [5.74, 6) is -2.33. The molecule has 1 heterocycles. The number of hydrogen-bond acceptors (Lipinski definition) is 5. The second-order valence-electron chi connectivity index (χ2n) is 9.53. The SMILES string of the molecule is CC(C)C(NC(=O)OC(C)(C)C)C(=O)N(C)C(C(=O)N1CCCC1C(=O)O)C(C)C. The van der Waals surface area contributed by atoms with Gasteiger partial charge in [0.2, 0.25) is 11.8 Å². The Labute approximate surface area is 179 Å². The van der Waals surface area contributed by atoms with Crippen molar-refractivity contribution in [2.45, 2.75) is 85.0 Å². The number of likely N-dealkylation sites (N-methyl/N-ethyl adjacent to an activating group) is 1. The second-order valence-corrected chi connectivity index (χ2v) is 9.53. The van der Waals surface area contributed by atoms with Gasteiger partial charge in [0.25, 0.3) is 0 Å². The molecule has 1 aliphatic rings. The van der Waals surface area contributed by atoms with E-state index in [1.54, 1.807) is 34.6 Å². The Morgan fingerprint density at radius 3 is 2.10 bits per heavy atom. The minimum Gasteiger partial charge on any atom is -0.480 e. The van der Waals surface area contributed by atoms with E-state index in [9.17, 15) is 24.3 Å². The predicted molar refractivity (Wildman–Crippen MR) is 112 cm³/mol. The Morgan fingerprint density at radius 1 is 1.10 bits per heavy atom. The molecule has 1 fully saturated rings. The van der Waals surface area contributed by atoms with Crippen molar-refractivity contribution in [1.82, 2.24) is 15.1 Å². The highest BCUT2D eigenvalue weighted by Gasteiger charge is 2.42. The Hall–Kier alpha value is -2.32. The van der Waals surface area contributed by atoms with Crippen LogP contribution in [0, 0.1) is 11.8 Å². The zero-order valence-corrected chi connectivity index (χ0v) is 19.4. The fourth-order valence-electron chi connectivity index (χ4n) is 3.66. The number of likely N-dealkylation sites (tertiary alicyclic amines) is 1. The molecular formula is C21H37N3O6. The highest BCUT2D eigenvalue weighted by Crippen LogP contribution is 2.23. The van der Waals surface area contributed by atoms with Gasteiger partial charge in [-0.05, 0) is 45.4 Å². The average molecular weight is 428 g/mol. The van der Waals surface area contributed by atoms with Crippen molar-refractivity contribution in [2.24, 2.45) is 11.8 Å². The van der Waals surface area contributed by atoms with Gasteiger partial charge in [-0.15, -0.1) is 0 Å². The van der Waals surface area contributed by atoms with E-state index < -0.39 is 41.7 Å². The zero-order valence-electron chi connectivity index (χ0n) is 19.4. The van der Waals surface area contributed by atoms with Crippen LogP contribution in [0.4, 0.5) is 4.79 Å². The second kappa shape index (κ2) is 10.1. The lowest BCUT2D eigenvalue weighted by molar-refractivity contribution is -0.154. The third-order valence-corrected chi connectivity index (χ3v) is 5.08. The maximum atomic E-state index is 13.2. The summed E-state index contributed by atoms with van der Waals surface area (Å²) in [7, 11) is 1.52. The van der Waals surface area contributed by atoms with Crippen LogP contribution in [-0.4, -0.2) is 76.1 Å². The molecule has 3 unspecified atom stereocenters. The Bertz CT molecular complexity index is 656. The van der Waals surface area contributed by atoms with E-state index in [1.165, 1.54) is 16.8 Å². The van der Waals surface area contributed by atoms with Crippen molar-refractivity contribution in [3.05, 3.63) is 0 Å². The molecule has 2 N–H and O–H groups in total. The summed E-state index contributed by atoms with van der Waals surface area (Å²) >= 11 is 0. The molecule has 1 rings (SSSR count). The van der Waals surface area contributed by atoms with E-state index in [4.69, 9.17) is 4.74 Å². The number of aliphatic carboxylic acids is 1. The summed E-state index contributed by atoms with van der Waals surface area (Å²) in [6, 6.07) is -2.59. The van der Waals surface area contributed by atoms with Crippen molar-refractivity contribution in [1.29, 1.82) is 0 Å². The van der Waals surface area contributed by atoms with Crippen molar-refractivity contribution in [3.8, 4) is 0 Å². The van der Waals surface area contributed by atoms with Crippen LogP contribution in [0.25, 0.3) is 0 Å². The molecule has 3 atom stereocenters. The number of nitrogens with zero attached hydrogens (tertiary/aromatic N) is 2. The summed E-state index contributed by atoms with van der Waals surface area (Å²) in [5, 5.41) is 12.0. The van der Waals surface area contributed by atoms with Gasteiger partial charge in [0.1, 0.15) is 23.7 Å².